The Balaban J connectivity index is 0.000000280. The molecule has 0 saturated carbocycles. The van der Waals surface area contributed by atoms with E-state index in [0.29, 0.717) is 0 Å². The number of hydrogen-bond donors (Lipinski definition) is 0. The van der Waals surface area contributed by atoms with Crippen LogP contribution < -0.4 is 0 Å². The van der Waals surface area contributed by atoms with Crippen LogP contribution in [0.25, 0.3) is 11.1 Å². The van der Waals surface area contributed by atoms with Gasteiger partial charge < -0.3 is 0 Å². The molecule has 0 saturated heterocycles. The predicted octanol–water partition coefficient (Wildman–Crippen LogP) is 5.86. The number of rotatable bonds is 3. The van der Waals surface area contributed by atoms with Crippen molar-refractivity contribution in [3.05, 3.63) is 60.2 Å². The van der Waals surface area contributed by atoms with Gasteiger partial charge in [0.15, 0.2) is 0 Å². The van der Waals surface area contributed by atoms with Gasteiger partial charge in [-0.2, -0.15) is 0 Å². The molecule has 0 aliphatic heterocycles. The second-order valence-electron chi connectivity index (χ2n) is 4.59. The maximum atomic E-state index is 2.21. The molecule has 0 unspecified atom stereocenters. The molecule has 0 radical (unpaired) electrons. The predicted molar refractivity (Wildman–Crippen MR) is 81.8 cm³/mol. The lowest BCUT2D eigenvalue weighted by atomic mass is 10.0. The number of hydrogen-bond acceptors (Lipinski definition) is 0. The summed E-state index contributed by atoms with van der Waals surface area (Å²) in [6, 6.07) is 19.0. The summed E-state index contributed by atoms with van der Waals surface area (Å²) in [6.45, 7) is 6.54. The highest BCUT2D eigenvalue weighted by molar-refractivity contribution is 5.63. The van der Waals surface area contributed by atoms with E-state index in [9.17, 15) is 0 Å². The summed E-state index contributed by atoms with van der Waals surface area (Å²) in [6.07, 6.45) is 4.08. The average Bonchev–Trinajstić information content (AvgIpc) is 2.41. The zero-order valence-electron chi connectivity index (χ0n) is 11.8. The van der Waals surface area contributed by atoms with Crippen molar-refractivity contribution in [3.8, 4) is 11.1 Å². The van der Waals surface area contributed by atoms with Crippen molar-refractivity contribution in [3.63, 3.8) is 0 Å². The summed E-state index contributed by atoms with van der Waals surface area (Å²) >= 11 is 0. The van der Waals surface area contributed by atoms with Gasteiger partial charge in [-0.15, -0.1) is 0 Å². The summed E-state index contributed by atoms with van der Waals surface area (Å²) in [5.74, 6) is 0. The van der Waals surface area contributed by atoms with Crippen LogP contribution in [0, 0.1) is 6.92 Å². The molecule has 0 spiro atoms. The first kappa shape index (κ1) is 14.5. The quantitative estimate of drug-likeness (QED) is 0.630. The standard InChI is InChI=1S/C13H12.C5H12/c1-11-6-5-9-13(10-11)12-7-3-2-4-8-12;1-3-5-4-2/h2-10H,1H3;3-5H2,1-2H3. The van der Waals surface area contributed by atoms with E-state index in [0.717, 1.165) is 0 Å². The van der Waals surface area contributed by atoms with Crippen molar-refractivity contribution in [1.82, 2.24) is 0 Å². The molecule has 2 aromatic carbocycles. The van der Waals surface area contributed by atoms with E-state index in [1.54, 1.807) is 0 Å². The van der Waals surface area contributed by atoms with Crippen LogP contribution in [0.15, 0.2) is 54.6 Å². The maximum absolute atomic E-state index is 2.21. The lowest BCUT2D eigenvalue weighted by Gasteiger charge is -2.01. The summed E-state index contributed by atoms with van der Waals surface area (Å²) in [7, 11) is 0. The van der Waals surface area contributed by atoms with Crippen LogP contribution in [0.2, 0.25) is 0 Å². The van der Waals surface area contributed by atoms with Gasteiger partial charge in [-0.3, -0.25) is 0 Å². The molecule has 0 atom stereocenters. The zero-order chi connectivity index (χ0) is 13.2. The molecule has 96 valence electrons. The van der Waals surface area contributed by atoms with E-state index in [1.807, 2.05) is 6.07 Å². The summed E-state index contributed by atoms with van der Waals surface area (Å²) in [5.41, 5.74) is 3.88. The molecule has 2 rings (SSSR count). The molecule has 0 amide bonds. The van der Waals surface area contributed by atoms with Crippen molar-refractivity contribution < 1.29 is 0 Å². The molecule has 0 aliphatic rings. The van der Waals surface area contributed by atoms with Gasteiger partial charge in [-0.05, 0) is 18.1 Å². The molecule has 0 bridgehead atoms. The monoisotopic (exact) mass is 240 g/mol. The summed E-state index contributed by atoms with van der Waals surface area (Å²) in [5, 5.41) is 0. The van der Waals surface area contributed by atoms with E-state index in [-0.39, 0.29) is 0 Å². The zero-order valence-corrected chi connectivity index (χ0v) is 11.8. The number of benzene rings is 2. The fraction of sp³-hybridized carbons (Fsp3) is 0.333. The number of unbranched alkanes of at least 4 members (excludes halogenated alkanes) is 2. The van der Waals surface area contributed by atoms with Crippen LogP contribution >= 0.6 is 0 Å². The average molecular weight is 240 g/mol. The van der Waals surface area contributed by atoms with Crippen molar-refractivity contribution in [2.24, 2.45) is 0 Å². The lowest BCUT2D eigenvalue weighted by Crippen LogP contribution is -1.77. The highest BCUT2D eigenvalue weighted by atomic mass is 14.0. The van der Waals surface area contributed by atoms with Crippen LogP contribution in [0.4, 0.5) is 0 Å². The fourth-order valence-corrected chi connectivity index (χ4v) is 1.81. The first-order chi connectivity index (χ1) is 8.77. The molecule has 18 heavy (non-hydrogen) atoms. The van der Waals surface area contributed by atoms with Crippen LogP contribution in [-0.2, 0) is 0 Å². The van der Waals surface area contributed by atoms with E-state index in [4.69, 9.17) is 0 Å². The van der Waals surface area contributed by atoms with E-state index in [1.165, 1.54) is 36.0 Å². The van der Waals surface area contributed by atoms with E-state index in [2.05, 4.69) is 69.3 Å². The van der Waals surface area contributed by atoms with Gasteiger partial charge in [0.1, 0.15) is 0 Å². The van der Waals surface area contributed by atoms with Crippen molar-refractivity contribution in [1.29, 1.82) is 0 Å². The van der Waals surface area contributed by atoms with Gasteiger partial charge in [0.2, 0.25) is 0 Å². The summed E-state index contributed by atoms with van der Waals surface area (Å²) < 4.78 is 0. The van der Waals surface area contributed by atoms with Crippen molar-refractivity contribution in [2.45, 2.75) is 40.0 Å². The van der Waals surface area contributed by atoms with Crippen LogP contribution in [0.1, 0.15) is 38.7 Å². The van der Waals surface area contributed by atoms with E-state index >= 15 is 0 Å². The normalized spacial score (nSPS) is 9.50. The highest BCUT2D eigenvalue weighted by Gasteiger charge is 1.94. The Hall–Kier alpha value is -1.56. The second kappa shape index (κ2) is 8.52. The number of aryl methyl sites for hydroxylation is 1. The molecule has 0 nitrogen and oxygen atoms in total. The van der Waals surface area contributed by atoms with Gasteiger partial charge in [0, 0.05) is 0 Å². The minimum absolute atomic E-state index is 1.28. The van der Waals surface area contributed by atoms with Crippen LogP contribution in [-0.4, -0.2) is 0 Å². The van der Waals surface area contributed by atoms with Gasteiger partial charge in [-0.25, -0.2) is 0 Å². The Kier molecular flexibility index (Phi) is 6.86. The Morgan fingerprint density at radius 3 is 1.83 bits per heavy atom. The van der Waals surface area contributed by atoms with Gasteiger partial charge in [0.25, 0.3) is 0 Å². The Labute approximate surface area is 112 Å². The van der Waals surface area contributed by atoms with Gasteiger partial charge in [-0.1, -0.05) is 93.3 Å². The highest BCUT2D eigenvalue weighted by Crippen LogP contribution is 2.19. The molecule has 0 N–H and O–H groups in total. The van der Waals surface area contributed by atoms with Crippen LogP contribution in [0.3, 0.4) is 0 Å². The third-order valence-corrected chi connectivity index (χ3v) is 2.83. The maximum Gasteiger partial charge on any atom is -0.0181 e. The fourth-order valence-electron chi connectivity index (χ4n) is 1.81. The molecule has 0 aromatic heterocycles. The minimum Gasteiger partial charge on any atom is -0.0654 e. The minimum atomic E-state index is 1.28. The van der Waals surface area contributed by atoms with Crippen LogP contribution in [0.5, 0.6) is 0 Å². The molecule has 2 aromatic rings. The smallest absolute Gasteiger partial charge is 0.0181 e. The SMILES string of the molecule is CCCCC.Cc1cccc(-c2ccccc2)c1. The lowest BCUT2D eigenvalue weighted by molar-refractivity contribution is 0.772. The van der Waals surface area contributed by atoms with Crippen molar-refractivity contribution >= 4 is 0 Å². The molecule has 0 heterocycles. The molecular weight excluding hydrogens is 216 g/mol. The Morgan fingerprint density at radius 2 is 1.33 bits per heavy atom. The molecule has 0 heteroatoms. The first-order valence-electron chi connectivity index (χ1n) is 6.90. The largest absolute Gasteiger partial charge is 0.0654 e. The first-order valence-corrected chi connectivity index (χ1v) is 6.90. The molecule has 0 fully saturated rings. The topological polar surface area (TPSA) is 0 Å². The Bertz CT molecular complexity index is 427. The third-order valence-electron chi connectivity index (χ3n) is 2.83. The van der Waals surface area contributed by atoms with Gasteiger partial charge >= 0.3 is 0 Å². The van der Waals surface area contributed by atoms with Crippen molar-refractivity contribution in [2.75, 3.05) is 0 Å². The third kappa shape index (κ3) is 5.18. The molecule has 0 aliphatic carbocycles. The van der Waals surface area contributed by atoms with E-state index < -0.39 is 0 Å². The summed E-state index contributed by atoms with van der Waals surface area (Å²) in [4.78, 5) is 0. The second-order valence-corrected chi connectivity index (χ2v) is 4.59. The Morgan fingerprint density at radius 1 is 0.722 bits per heavy atom. The van der Waals surface area contributed by atoms with Gasteiger partial charge in [0.05, 0.1) is 0 Å². The molecular formula is C18H24.